The predicted molar refractivity (Wildman–Crippen MR) is 57.1 cm³/mol. The van der Waals surface area contributed by atoms with Gasteiger partial charge in [0.2, 0.25) is 0 Å². The molecule has 0 fully saturated rings. The average Bonchev–Trinajstić information content (AvgIpc) is 2.67. The van der Waals surface area contributed by atoms with Gasteiger partial charge in [0.15, 0.2) is 0 Å². The van der Waals surface area contributed by atoms with Crippen LogP contribution in [0.25, 0.3) is 0 Å². The summed E-state index contributed by atoms with van der Waals surface area (Å²) in [4.78, 5) is 0. The number of nitrogens with zero attached hydrogens (tertiary/aromatic N) is 2. The van der Waals surface area contributed by atoms with Crippen LogP contribution in [0, 0.1) is 12.7 Å². The van der Waals surface area contributed by atoms with Crippen LogP contribution in [0.2, 0.25) is 0 Å². The highest BCUT2D eigenvalue weighted by Gasteiger charge is 2.12. The first kappa shape index (κ1) is 10.2. The van der Waals surface area contributed by atoms with E-state index in [1.54, 1.807) is 5.38 Å². The summed E-state index contributed by atoms with van der Waals surface area (Å²) in [5.41, 5.74) is 8.18. The molecule has 0 saturated heterocycles. The SMILES string of the molecule is Cc1cc(F)cc(C(N)c2csnn2)c1. The van der Waals surface area contributed by atoms with E-state index in [-0.39, 0.29) is 5.82 Å². The van der Waals surface area contributed by atoms with E-state index in [1.165, 1.54) is 23.7 Å². The van der Waals surface area contributed by atoms with Crippen molar-refractivity contribution < 1.29 is 4.39 Å². The van der Waals surface area contributed by atoms with Gasteiger partial charge in [0.05, 0.1) is 11.7 Å². The lowest BCUT2D eigenvalue weighted by Crippen LogP contribution is -2.12. The van der Waals surface area contributed by atoms with Crippen LogP contribution < -0.4 is 5.73 Å². The Morgan fingerprint density at radius 3 is 2.80 bits per heavy atom. The molecular weight excluding hydrogens is 213 g/mol. The molecule has 2 N–H and O–H groups in total. The highest BCUT2D eigenvalue weighted by atomic mass is 32.1. The van der Waals surface area contributed by atoms with Gasteiger partial charge >= 0.3 is 0 Å². The molecule has 15 heavy (non-hydrogen) atoms. The number of nitrogens with two attached hydrogens (primary N) is 1. The summed E-state index contributed by atoms with van der Waals surface area (Å²) in [6.07, 6.45) is 0. The van der Waals surface area contributed by atoms with Crippen molar-refractivity contribution in [2.24, 2.45) is 5.73 Å². The number of hydrogen-bond acceptors (Lipinski definition) is 4. The molecule has 0 aliphatic carbocycles. The van der Waals surface area contributed by atoms with Crippen LogP contribution in [0.3, 0.4) is 0 Å². The van der Waals surface area contributed by atoms with Crippen LogP contribution in [0.15, 0.2) is 23.6 Å². The molecule has 0 saturated carbocycles. The summed E-state index contributed by atoms with van der Waals surface area (Å²) in [5.74, 6) is -0.274. The minimum Gasteiger partial charge on any atom is -0.319 e. The standard InChI is InChI=1S/C10H10FN3S/c1-6-2-7(4-8(11)3-6)10(12)9-5-15-14-13-9/h2-5,10H,12H2,1H3. The van der Waals surface area contributed by atoms with Gasteiger partial charge in [0, 0.05) is 5.38 Å². The second kappa shape index (κ2) is 4.04. The Hall–Kier alpha value is -1.33. The largest absolute Gasteiger partial charge is 0.319 e. The summed E-state index contributed by atoms with van der Waals surface area (Å²) in [6.45, 7) is 1.83. The molecule has 0 aliphatic rings. The summed E-state index contributed by atoms with van der Waals surface area (Å²) in [7, 11) is 0. The summed E-state index contributed by atoms with van der Waals surface area (Å²) < 4.78 is 16.9. The van der Waals surface area contributed by atoms with E-state index >= 15 is 0 Å². The Kier molecular flexibility index (Phi) is 2.75. The van der Waals surface area contributed by atoms with Crippen molar-refractivity contribution in [3.8, 4) is 0 Å². The number of rotatable bonds is 2. The molecule has 1 heterocycles. The third kappa shape index (κ3) is 2.19. The molecule has 0 spiro atoms. The topological polar surface area (TPSA) is 51.8 Å². The van der Waals surface area contributed by atoms with Crippen molar-refractivity contribution in [1.82, 2.24) is 9.59 Å². The van der Waals surface area contributed by atoms with Crippen molar-refractivity contribution >= 4 is 11.5 Å². The first-order valence-electron chi connectivity index (χ1n) is 4.46. The second-order valence-corrected chi connectivity index (χ2v) is 3.98. The Labute approximate surface area is 90.9 Å². The molecule has 0 bridgehead atoms. The molecule has 2 rings (SSSR count). The fraction of sp³-hybridized carbons (Fsp3) is 0.200. The monoisotopic (exact) mass is 223 g/mol. The van der Waals surface area contributed by atoms with E-state index in [2.05, 4.69) is 9.59 Å². The number of benzene rings is 1. The Balaban J connectivity index is 2.37. The maximum atomic E-state index is 13.1. The number of aromatic nitrogens is 2. The van der Waals surface area contributed by atoms with E-state index in [1.807, 2.05) is 13.0 Å². The second-order valence-electron chi connectivity index (χ2n) is 3.37. The van der Waals surface area contributed by atoms with Gasteiger partial charge in [0.1, 0.15) is 5.82 Å². The van der Waals surface area contributed by atoms with Crippen molar-refractivity contribution in [2.75, 3.05) is 0 Å². The number of halogens is 1. The molecule has 0 amide bonds. The first-order valence-corrected chi connectivity index (χ1v) is 5.30. The maximum Gasteiger partial charge on any atom is 0.123 e. The molecule has 0 aliphatic heterocycles. The lowest BCUT2D eigenvalue weighted by Gasteiger charge is -2.09. The summed E-state index contributed by atoms with van der Waals surface area (Å²) in [6, 6.07) is 4.35. The lowest BCUT2D eigenvalue weighted by atomic mass is 10.0. The van der Waals surface area contributed by atoms with Crippen LogP contribution in [0.4, 0.5) is 4.39 Å². The molecule has 0 radical (unpaired) electrons. The molecule has 78 valence electrons. The summed E-state index contributed by atoms with van der Waals surface area (Å²) in [5, 5.41) is 5.64. The van der Waals surface area contributed by atoms with E-state index < -0.39 is 6.04 Å². The van der Waals surface area contributed by atoms with E-state index in [9.17, 15) is 4.39 Å². The molecule has 1 aromatic carbocycles. The van der Waals surface area contributed by atoms with Crippen LogP contribution in [0.1, 0.15) is 22.9 Å². The Morgan fingerprint density at radius 2 is 2.20 bits per heavy atom. The van der Waals surface area contributed by atoms with Gasteiger partial charge in [-0.3, -0.25) is 0 Å². The summed E-state index contributed by atoms with van der Waals surface area (Å²) >= 11 is 1.24. The van der Waals surface area contributed by atoms with Gasteiger partial charge < -0.3 is 5.73 Å². The quantitative estimate of drug-likeness (QED) is 0.847. The molecule has 1 aromatic heterocycles. The van der Waals surface area contributed by atoms with Crippen molar-refractivity contribution in [3.63, 3.8) is 0 Å². The van der Waals surface area contributed by atoms with Gasteiger partial charge in [-0.15, -0.1) is 5.10 Å². The van der Waals surface area contributed by atoms with E-state index in [0.29, 0.717) is 5.69 Å². The predicted octanol–water partition coefficient (Wildman–Crippen LogP) is 2.03. The zero-order chi connectivity index (χ0) is 10.8. The van der Waals surface area contributed by atoms with E-state index in [4.69, 9.17) is 5.73 Å². The zero-order valence-corrected chi connectivity index (χ0v) is 8.96. The van der Waals surface area contributed by atoms with Crippen LogP contribution in [-0.2, 0) is 0 Å². The minimum absolute atomic E-state index is 0.274. The number of hydrogen-bond donors (Lipinski definition) is 1. The fourth-order valence-corrected chi connectivity index (χ4v) is 1.91. The van der Waals surface area contributed by atoms with Gasteiger partial charge in [-0.05, 0) is 41.7 Å². The molecule has 1 unspecified atom stereocenters. The molecular formula is C10H10FN3S. The minimum atomic E-state index is -0.404. The Morgan fingerprint density at radius 1 is 1.40 bits per heavy atom. The van der Waals surface area contributed by atoms with Gasteiger partial charge in [-0.2, -0.15) is 0 Å². The highest BCUT2D eigenvalue weighted by molar-refractivity contribution is 7.03. The van der Waals surface area contributed by atoms with Crippen LogP contribution >= 0.6 is 11.5 Å². The highest BCUT2D eigenvalue weighted by Crippen LogP contribution is 2.20. The average molecular weight is 223 g/mol. The van der Waals surface area contributed by atoms with Crippen molar-refractivity contribution in [2.45, 2.75) is 13.0 Å². The third-order valence-electron chi connectivity index (χ3n) is 2.12. The van der Waals surface area contributed by atoms with Gasteiger partial charge in [0.25, 0.3) is 0 Å². The molecule has 1 atom stereocenters. The zero-order valence-electron chi connectivity index (χ0n) is 8.14. The third-order valence-corrected chi connectivity index (χ3v) is 2.64. The smallest absolute Gasteiger partial charge is 0.123 e. The normalized spacial score (nSPS) is 12.7. The molecule has 3 nitrogen and oxygen atoms in total. The van der Waals surface area contributed by atoms with Crippen LogP contribution in [-0.4, -0.2) is 9.59 Å². The van der Waals surface area contributed by atoms with E-state index in [0.717, 1.165) is 11.1 Å². The fourth-order valence-electron chi connectivity index (χ4n) is 1.42. The number of aryl methyl sites for hydroxylation is 1. The first-order chi connectivity index (χ1) is 7.16. The van der Waals surface area contributed by atoms with Gasteiger partial charge in [-0.25, -0.2) is 4.39 Å². The van der Waals surface area contributed by atoms with Crippen LogP contribution in [0.5, 0.6) is 0 Å². The van der Waals surface area contributed by atoms with Gasteiger partial charge in [-0.1, -0.05) is 10.6 Å². The molecule has 2 aromatic rings. The lowest BCUT2D eigenvalue weighted by molar-refractivity contribution is 0.621. The maximum absolute atomic E-state index is 13.1. The Bertz CT molecular complexity index is 435. The van der Waals surface area contributed by atoms with Crippen molar-refractivity contribution in [3.05, 3.63) is 46.2 Å². The van der Waals surface area contributed by atoms with Crippen molar-refractivity contribution in [1.29, 1.82) is 0 Å². The molecule has 5 heteroatoms.